The van der Waals surface area contributed by atoms with Crippen molar-refractivity contribution in [2.45, 2.75) is 0 Å². The van der Waals surface area contributed by atoms with Crippen molar-refractivity contribution in [1.82, 2.24) is 9.55 Å². The van der Waals surface area contributed by atoms with E-state index in [1.165, 1.54) is 59.2 Å². The summed E-state index contributed by atoms with van der Waals surface area (Å²) in [4.78, 5) is 7.48. The van der Waals surface area contributed by atoms with Gasteiger partial charge in [-0.1, -0.05) is 121 Å². The highest BCUT2D eigenvalue weighted by Gasteiger charge is 2.17. The number of benzene rings is 9. The van der Waals surface area contributed by atoms with E-state index in [1.807, 2.05) is 0 Å². The minimum atomic E-state index is 1.02. The molecule has 55 heavy (non-hydrogen) atoms. The second kappa shape index (κ2) is 12.8. The second-order valence-corrected chi connectivity index (χ2v) is 15.0. The van der Waals surface area contributed by atoms with Gasteiger partial charge in [0, 0.05) is 44.5 Å². The lowest BCUT2D eigenvalue weighted by Gasteiger charge is -2.26. The lowest BCUT2D eigenvalue weighted by Crippen LogP contribution is -2.10. The van der Waals surface area contributed by atoms with Crippen LogP contribution in [0, 0.1) is 0 Å². The van der Waals surface area contributed by atoms with Crippen LogP contribution in [0.4, 0.5) is 17.1 Å². The molecule has 0 radical (unpaired) electrons. The first-order valence-corrected chi connectivity index (χ1v) is 19.4. The number of nitrogens with zero attached hydrogens (tertiary/aromatic N) is 3. The number of hydrogen-bond acceptors (Lipinski definition) is 3. The fourth-order valence-electron chi connectivity index (χ4n) is 8.20. The maximum Gasteiger partial charge on any atom is 0.124 e. The van der Waals surface area contributed by atoms with E-state index in [0.717, 1.165) is 38.8 Å². The molecule has 0 aliphatic heterocycles. The van der Waals surface area contributed by atoms with E-state index in [1.54, 1.807) is 11.3 Å². The van der Waals surface area contributed by atoms with Gasteiger partial charge in [-0.25, -0.2) is 4.98 Å². The number of para-hydroxylation sites is 2. The molecule has 0 fully saturated rings. The Kier molecular flexibility index (Phi) is 7.35. The van der Waals surface area contributed by atoms with Crippen LogP contribution in [-0.4, -0.2) is 9.55 Å². The number of hydrogen-bond donors (Lipinski definition) is 0. The Labute approximate surface area is 322 Å². The molecule has 11 aromatic rings. The summed E-state index contributed by atoms with van der Waals surface area (Å²) in [5.41, 5.74) is 11.3. The Hall–Kier alpha value is -7.01. The summed E-state index contributed by atoms with van der Waals surface area (Å²) in [5.74, 6) is 0. The van der Waals surface area contributed by atoms with Gasteiger partial charge < -0.3 is 9.47 Å². The van der Waals surface area contributed by atoms with Crippen LogP contribution in [0.3, 0.4) is 0 Å². The first-order chi connectivity index (χ1) is 27.3. The predicted octanol–water partition coefficient (Wildman–Crippen LogP) is 14.5. The molecular weight excluding hydrogens is 687 g/mol. The molecule has 4 heteroatoms. The normalized spacial score (nSPS) is 11.6. The summed E-state index contributed by atoms with van der Waals surface area (Å²) < 4.78 is 3.60. The van der Waals surface area contributed by atoms with Crippen LogP contribution >= 0.6 is 11.3 Å². The van der Waals surface area contributed by atoms with Crippen LogP contribution in [0.15, 0.2) is 200 Å². The van der Waals surface area contributed by atoms with Crippen molar-refractivity contribution in [2.75, 3.05) is 4.90 Å². The molecule has 3 nitrogen and oxygen atoms in total. The molecule has 0 spiro atoms. The highest BCUT2D eigenvalue weighted by molar-refractivity contribution is 7.22. The van der Waals surface area contributed by atoms with E-state index in [9.17, 15) is 0 Å². The maximum atomic E-state index is 5.13. The molecule has 0 unspecified atom stereocenters. The number of anilines is 3. The molecule has 0 aliphatic carbocycles. The molecule has 0 atom stereocenters. The third kappa shape index (κ3) is 5.30. The zero-order chi connectivity index (χ0) is 36.3. The first kappa shape index (κ1) is 31.5. The molecule has 0 N–H and O–H groups in total. The van der Waals surface area contributed by atoms with Crippen molar-refractivity contribution in [1.29, 1.82) is 0 Å². The molecule has 0 amide bonds. The molecule has 0 aliphatic rings. The van der Waals surface area contributed by atoms with Crippen molar-refractivity contribution in [3.8, 4) is 27.4 Å². The standard InChI is InChI=1S/C51H33N3S/c1-2-11-34(12-3-1)37-14-10-15-41(33-37)53(39-26-28-40(29-27-39)54-48-19-8-6-17-44(48)45-18-7-9-20-49(45)54)38-24-21-36(22-25-38)51-52-47-32-31-43-42-16-5-4-13-35(42)23-30-46(43)50(47)55-51/h1-33H. The number of thiazole rings is 1. The zero-order valence-corrected chi connectivity index (χ0v) is 30.6. The van der Waals surface area contributed by atoms with Crippen molar-refractivity contribution < 1.29 is 0 Å². The smallest absolute Gasteiger partial charge is 0.124 e. The SMILES string of the molecule is c1ccc(-c2cccc(N(c3ccc(-c4nc5ccc6c7ccccc7ccc6c5s4)cc3)c3ccc(-n4c5ccccc5c5ccccc54)cc3)c2)cc1. The van der Waals surface area contributed by atoms with Crippen LogP contribution in [0.2, 0.25) is 0 Å². The number of rotatable bonds is 6. The van der Waals surface area contributed by atoms with Crippen LogP contribution < -0.4 is 4.90 Å². The van der Waals surface area contributed by atoms with Gasteiger partial charge in [-0.05, 0) is 106 Å². The molecule has 0 saturated carbocycles. The second-order valence-electron chi connectivity index (χ2n) is 14.0. The third-order valence-corrected chi connectivity index (χ3v) is 12.0. The quantitative estimate of drug-likeness (QED) is 0.160. The fourth-order valence-corrected chi connectivity index (χ4v) is 9.30. The van der Waals surface area contributed by atoms with Gasteiger partial charge in [-0.15, -0.1) is 11.3 Å². The van der Waals surface area contributed by atoms with E-state index in [2.05, 4.69) is 210 Å². The minimum absolute atomic E-state index is 1.02. The van der Waals surface area contributed by atoms with E-state index < -0.39 is 0 Å². The van der Waals surface area contributed by atoms with E-state index in [0.29, 0.717) is 0 Å². The first-order valence-electron chi connectivity index (χ1n) is 18.6. The highest BCUT2D eigenvalue weighted by atomic mass is 32.1. The zero-order valence-electron chi connectivity index (χ0n) is 29.8. The van der Waals surface area contributed by atoms with Gasteiger partial charge in [0.25, 0.3) is 0 Å². The number of fused-ring (bicyclic) bond motifs is 8. The third-order valence-electron chi connectivity index (χ3n) is 10.8. The Morgan fingerprint density at radius 2 is 1.02 bits per heavy atom. The Morgan fingerprint density at radius 1 is 0.400 bits per heavy atom. The topological polar surface area (TPSA) is 21.1 Å². The summed E-state index contributed by atoms with van der Waals surface area (Å²) in [7, 11) is 0. The van der Waals surface area contributed by atoms with Crippen molar-refractivity contribution in [2.24, 2.45) is 0 Å². The Morgan fingerprint density at radius 3 is 1.76 bits per heavy atom. The number of aromatic nitrogens is 2. The van der Waals surface area contributed by atoms with Gasteiger partial charge in [0.2, 0.25) is 0 Å². The monoisotopic (exact) mass is 719 g/mol. The lowest BCUT2D eigenvalue weighted by molar-refractivity contribution is 1.17. The van der Waals surface area contributed by atoms with E-state index in [4.69, 9.17) is 4.98 Å². The van der Waals surface area contributed by atoms with Gasteiger partial charge in [-0.3, -0.25) is 0 Å². The van der Waals surface area contributed by atoms with Gasteiger partial charge in [-0.2, -0.15) is 0 Å². The summed E-state index contributed by atoms with van der Waals surface area (Å²) in [5, 5.41) is 8.61. The van der Waals surface area contributed by atoms with Crippen molar-refractivity contribution in [3.63, 3.8) is 0 Å². The fraction of sp³-hybridized carbons (Fsp3) is 0. The van der Waals surface area contributed by atoms with Gasteiger partial charge in [0.1, 0.15) is 5.01 Å². The van der Waals surface area contributed by atoms with E-state index >= 15 is 0 Å². The summed E-state index contributed by atoms with van der Waals surface area (Å²) >= 11 is 1.77. The van der Waals surface area contributed by atoms with Crippen LogP contribution in [0.25, 0.3) is 81.0 Å². The largest absolute Gasteiger partial charge is 0.310 e. The maximum absolute atomic E-state index is 5.13. The Balaban J connectivity index is 1.01. The highest BCUT2D eigenvalue weighted by Crippen LogP contribution is 2.41. The van der Waals surface area contributed by atoms with Gasteiger partial charge >= 0.3 is 0 Å². The Bertz CT molecular complexity index is 3140. The molecule has 0 bridgehead atoms. The average Bonchev–Trinajstić information content (AvgIpc) is 3.85. The molecule has 9 aromatic carbocycles. The molecule has 0 saturated heterocycles. The minimum Gasteiger partial charge on any atom is -0.310 e. The van der Waals surface area contributed by atoms with Crippen molar-refractivity contribution in [3.05, 3.63) is 200 Å². The van der Waals surface area contributed by atoms with Crippen LogP contribution in [0.1, 0.15) is 0 Å². The average molecular weight is 720 g/mol. The van der Waals surface area contributed by atoms with Crippen molar-refractivity contribution >= 4 is 82.0 Å². The summed E-state index contributed by atoms with van der Waals surface area (Å²) in [6.07, 6.45) is 0. The molecule has 11 rings (SSSR count). The summed E-state index contributed by atoms with van der Waals surface area (Å²) in [6, 6.07) is 72.1. The van der Waals surface area contributed by atoms with Crippen LogP contribution in [-0.2, 0) is 0 Å². The molecule has 258 valence electrons. The molecule has 2 aromatic heterocycles. The van der Waals surface area contributed by atoms with Gasteiger partial charge in [0.05, 0.1) is 21.3 Å². The molecule has 2 heterocycles. The van der Waals surface area contributed by atoms with E-state index in [-0.39, 0.29) is 0 Å². The molecular formula is C51H33N3S. The van der Waals surface area contributed by atoms with Crippen LogP contribution in [0.5, 0.6) is 0 Å². The van der Waals surface area contributed by atoms with Gasteiger partial charge in [0.15, 0.2) is 0 Å². The summed E-state index contributed by atoms with van der Waals surface area (Å²) in [6.45, 7) is 0. The predicted molar refractivity (Wildman–Crippen MR) is 235 cm³/mol. The lowest BCUT2D eigenvalue weighted by atomic mass is 10.0.